The molecule has 2 rings (SSSR count). The lowest BCUT2D eigenvalue weighted by molar-refractivity contribution is 0.0593. The van der Waals surface area contributed by atoms with Crippen molar-refractivity contribution in [1.29, 1.82) is 0 Å². The molecule has 82 valence electrons. The maximum Gasteiger partial charge on any atom is 0.0729 e. The van der Waals surface area contributed by atoms with Gasteiger partial charge in [-0.1, -0.05) is 6.92 Å². The number of hydrogen-bond donors (Lipinski definition) is 2. The second kappa shape index (κ2) is 4.86. The van der Waals surface area contributed by atoms with Crippen LogP contribution in [0.25, 0.3) is 0 Å². The van der Waals surface area contributed by atoms with Crippen molar-refractivity contribution in [2.75, 3.05) is 18.1 Å². The molecule has 2 fully saturated rings. The monoisotopic (exact) mass is 215 g/mol. The van der Waals surface area contributed by atoms with Gasteiger partial charge in [0.25, 0.3) is 0 Å². The van der Waals surface area contributed by atoms with Crippen LogP contribution in [0.15, 0.2) is 0 Å². The van der Waals surface area contributed by atoms with Crippen molar-refractivity contribution in [3.05, 3.63) is 0 Å². The van der Waals surface area contributed by atoms with Gasteiger partial charge in [-0.25, -0.2) is 0 Å². The SMILES string of the molecule is CC1CCNC(C(O)C2CCSC2)C1. The first-order valence-corrected chi connectivity index (χ1v) is 6.92. The number of aliphatic hydroxyl groups is 1. The Kier molecular flexibility index (Phi) is 3.74. The van der Waals surface area contributed by atoms with Gasteiger partial charge in [0.15, 0.2) is 0 Å². The molecule has 0 aromatic carbocycles. The van der Waals surface area contributed by atoms with E-state index < -0.39 is 0 Å². The molecule has 2 aliphatic heterocycles. The van der Waals surface area contributed by atoms with Gasteiger partial charge in [0.2, 0.25) is 0 Å². The maximum atomic E-state index is 10.2. The van der Waals surface area contributed by atoms with Gasteiger partial charge < -0.3 is 10.4 Å². The van der Waals surface area contributed by atoms with Crippen LogP contribution < -0.4 is 5.32 Å². The number of rotatable bonds is 2. The zero-order valence-corrected chi connectivity index (χ0v) is 9.72. The third-order valence-electron chi connectivity index (χ3n) is 3.56. The molecule has 0 aromatic rings. The fraction of sp³-hybridized carbons (Fsp3) is 1.00. The van der Waals surface area contributed by atoms with E-state index in [9.17, 15) is 5.11 Å². The van der Waals surface area contributed by atoms with Gasteiger partial charge in [-0.15, -0.1) is 0 Å². The Bertz CT molecular complexity index is 182. The molecule has 2 nitrogen and oxygen atoms in total. The second-order valence-electron chi connectivity index (χ2n) is 4.80. The van der Waals surface area contributed by atoms with Crippen LogP contribution in [0, 0.1) is 11.8 Å². The molecule has 14 heavy (non-hydrogen) atoms. The summed E-state index contributed by atoms with van der Waals surface area (Å²) >= 11 is 1.99. The molecule has 2 aliphatic rings. The van der Waals surface area contributed by atoms with Gasteiger partial charge >= 0.3 is 0 Å². The van der Waals surface area contributed by atoms with Gasteiger partial charge in [0, 0.05) is 6.04 Å². The lowest BCUT2D eigenvalue weighted by Crippen LogP contribution is -2.48. The first-order valence-electron chi connectivity index (χ1n) is 5.76. The fourth-order valence-electron chi connectivity index (χ4n) is 2.56. The Morgan fingerprint density at radius 2 is 2.29 bits per heavy atom. The Morgan fingerprint density at radius 1 is 1.43 bits per heavy atom. The summed E-state index contributed by atoms with van der Waals surface area (Å²) in [7, 11) is 0. The molecular formula is C11H21NOS. The smallest absolute Gasteiger partial charge is 0.0729 e. The largest absolute Gasteiger partial charge is 0.391 e. The molecule has 0 aliphatic carbocycles. The third kappa shape index (κ3) is 2.44. The summed E-state index contributed by atoms with van der Waals surface area (Å²) in [4.78, 5) is 0. The predicted octanol–water partition coefficient (Wildman–Crippen LogP) is 1.49. The highest BCUT2D eigenvalue weighted by Gasteiger charge is 2.32. The quantitative estimate of drug-likeness (QED) is 0.732. The van der Waals surface area contributed by atoms with E-state index in [1.54, 1.807) is 0 Å². The van der Waals surface area contributed by atoms with Crippen molar-refractivity contribution in [1.82, 2.24) is 5.32 Å². The van der Waals surface area contributed by atoms with Crippen molar-refractivity contribution >= 4 is 11.8 Å². The van der Waals surface area contributed by atoms with Crippen LogP contribution in [0.5, 0.6) is 0 Å². The maximum absolute atomic E-state index is 10.2. The summed E-state index contributed by atoms with van der Waals surface area (Å²) in [5.74, 6) is 3.73. The minimum absolute atomic E-state index is 0.104. The summed E-state index contributed by atoms with van der Waals surface area (Å²) in [6, 6.07) is 0.363. The normalized spacial score (nSPS) is 41.1. The zero-order valence-electron chi connectivity index (χ0n) is 8.91. The van der Waals surface area contributed by atoms with E-state index >= 15 is 0 Å². The average Bonchev–Trinajstić information content (AvgIpc) is 2.69. The molecule has 2 saturated heterocycles. The van der Waals surface area contributed by atoms with Gasteiger partial charge in [-0.2, -0.15) is 11.8 Å². The second-order valence-corrected chi connectivity index (χ2v) is 5.95. The number of thioether (sulfide) groups is 1. The van der Waals surface area contributed by atoms with E-state index in [2.05, 4.69) is 12.2 Å². The van der Waals surface area contributed by atoms with Crippen molar-refractivity contribution in [3.8, 4) is 0 Å². The summed E-state index contributed by atoms with van der Waals surface area (Å²) < 4.78 is 0. The topological polar surface area (TPSA) is 32.3 Å². The van der Waals surface area contributed by atoms with E-state index in [4.69, 9.17) is 0 Å². The number of nitrogens with one attached hydrogen (secondary N) is 1. The van der Waals surface area contributed by atoms with E-state index in [0.29, 0.717) is 12.0 Å². The van der Waals surface area contributed by atoms with E-state index in [1.807, 2.05) is 11.8 Å². The minimum Gasteiger partial charge on any atom is -0.391 e. The van der Waals surface area contributed by atoms with Gasteiger partial charge in [-0.05, 0) is 49.1 Å². The lowest BCUT2D eigenvalue weighted by atomic mass is 9.86. The van der Waals surface area contributed by atoms with Crippen LogP contribution in [-0.2, 0) is 0 Å². The first-order chi connectivity index (χ1) is 6.77. The highest BCUT2D eigenvalue weighted by Crippen LogP contribution is 2.30. The van der Waals surface area contributed by atoms with Gasteiger partial charge in [0.1, 0.15) is 0 Å². The molecule has 2 heterocycles. The Morgan fingerprint density at radius 3 is 2.93 bits per heavy atom. The van der Waals surface area contributed by atoms with Crippen molar-refractivity contribution in [2.24, 2.45) is 11.8 Å². The lowest BCUT2D eigenvalue weighted by Gasteiger charge is -2.34. The summed E-state index contributed by atoms with van der Waals surface area (Å²) in [6.07, 6.45) is 3.52. The highest BCUT2D eigenvalue weighted by atomic mass is 32.2. The zero-order chi connectivity index (χ0) is 9.97. The molecule has 0 spiro atoms. The van der Waals surface area contributed by atoms with Crippen molar-refractivity contribution in [2.45, 2.75) is 38.3 Å². The Hall–Kier alpha value is 0.270. The van der Waals surface area contributed by atoms with Crippen LogP contribution in [0.4, 0.5) is 0 Å². The van der Waals surface area contributed by atoms with E-state index in [-0.39, 0.29) is 6.10 Å². The molecule has 4 unspecified atom stereocenters. The minimum atomic E-state index is -0.104. The van der Waals surface area contributed by atoms with Crippen LogP contribution in [0.1, 0.15) is 26.2 Å². The molecule has 0 amide bonds. The fourth-order valence-corrected chi connectivity index (χ4v) is 3.86. The van der Waals surface area contributed by atoms with E-state index in [0.717, 1.165) is 24.6 Å². The molecule has 2 N–H and O–H groups in total. The van der Waals surface area contributed by atoms with Crippen LogP contribution in [0.3, 0.4) is 0 Å². The summed E-state index contributed by atoms with van der Waals surface area (Å²) in [5.41, 5.74) is 0. The standard InChI is InChI=1S/C11H21NOS/c1-8-2-4-12-10(6-8)11(13)9-3-5-14-7-9/h8-13H,2-7H2,1H3. The van der Waals surface area contributed by atoms with Gasteiger partial charge in [-0.3, -0.25) is 0 Å². The predicted molar refractivity (Wildman–Crippen MR) is 61.6 cm³/mol. The van der Waals surface area contributed by atoms with Crippen molar-refractivity contribution < 1.29 is 5.11 Å². The third-order valence-corrected chi connectivity index (χ3v) is 4.75. The van der Waals surface area contributed by atoms with Crippen LogP contribution in [0.2, 0.25) is 0 Å². The van der Waals surface area contributed by atoms with E-state index in [1.165, 1.54) is 18.6 Å². The van der Waals surface area contributed by atoms with Gasteiger partial charge in [0.05, 0.1) is 6.10 Å². The number of aliphatic hydroxyl groups excluding tert-OH is 1. The molecule has 0 saturated carbocycles. The first kappa shape index (κ1) is 10.8. The molecule has 0 bridgehead atoms. The van der Waals surface area contributed by atoms with Crippen molar-refractivity contribution in [3.63, 3.8) is 0 Å². The van der Waals surface area contributed by atoms with Crippen LogP contribution in [-0.4, -0.2) is 35.3 Å². The molecular weight excluding hydrogens is 194 g/mol. The number of hydrogen-bond acceptors (Lipinski definition) is 3. The molecule has 0 radical (unpaired) electrons. The Labute approximate surface area is 90.8 Å². The summed E-state index contributed by atoms with van der Waals surface area (Å²) in [5, 5.41) is 13.7. The molecule has 3 heteroatoms. The van der Waals surface area contributed by atoms with Crippen LogP contribution >= 0.6 is 11.8 Å². The highest BCUT2D eigenvalue weighted by molar-refractivity contribution is 7.99. The molecule has 0 aromatic heterocycles. The average molecular weight is 215 g/mol. The Balaban J connectivity index is 1.86. The molecule has 4 atom stereocenters. The number of piperidine rings is 1. The summed E-state index contributed by atoms with van der Waals surface area (Å²) in [6.45, 7) is 3.38.